The number of hydrogen-bond acceptors (Lipinski definition) is 2. The molecule has 0 amide bonds. The van der Waals surface area contributed by atoms with Gasteiger partial charge in [-0.3, -0.25) is 4.79 Å². The van der Waals surface area contributed by atoms with E-state index in [1.807, 2.05) is 0 Å². The van der Waals surface area contributed by atoms with Gasteiger partial charge < -0.3 is 5.73 Å². The van der Waals surface area contributed by atoms with Crippen molar-refractivity contribution in [2.45, 2.75) is 12.8 Å². The van der Waals surface area contributed by atoms with Gasteiger partial charge >= 0.3 is 0 Å². The highest BCUT2D eigenvalue weighted by Gasteiger charge is 2.11. The summed E-state index contributed by atoms with van der Waals surface area (Å²) in [6, 6.07) is 4.22. The van der Waals surface area contributed by atoms with Gasteiger partial charge in [-0.2, -0.15) is 0 Å². The second-order valence-corrected chi connectivity index (χ2v) is 3.29. The Kier molecular flexibility index (Phi) is 3.89. The maximum Gasteiger partial charge on any atom is 0.165 e. The number of nitrogens with two attached hydrogens (primary N) is 1. The average molecular weight is 216 g/mol. The molecule has 1 rings (SSSR count). The molecule has 0 heterocycles. The number of halogens is 2. The van der Waals surface area contributed by atoms with Gasteiger partial charge in [-0.25, -0.2) is 4.39 Å². The molecule has 76 valence electrons. The predicted octanol–water partition coefficient (Wildman–Crippen LogP) is 2.61. The zero-order valence-electron chi connectivity index (χ0n) is 7.59. The van der Waals surface area contributed by atoms with Gasteiger partial charge in [-0.1, -0.05) is 6.07 Å². The molecule has 0 bridgehead atoms. The van der Waals surface area contributed by atoms with Crippen molar-refractivity contribution in [2.75, 3.05) is 11.6 Å². The van der Waals surface area contributed by atoms with E-state index < -0.39 is 5.82 Å². The molecule has 0 aliphatic rings. The third-order valence-electron chi connectivity index (χ3n) is 1.89. The third kappa shape index (κ3) is 2.45. The topological polar surface area (TPSA) is 43.1 Å². The van der Waals surface area contributed by atoms with Crippen molar-refractivity contribution in [1.29, 1.82) is 0 Å². The summed E-state index contributed by atoms with van der Waals surface area (Å²) in [6.45, 7) is 0. The monoisotopic (exact) mass is 215 g/mol. The lowest BCUT2D eigenvalue weighted by atomic mass is 10.1. The van der Waals surface area contributed by atoms with E-state index in [1.165, 1.54) is 18.2 Å². The molecular formula is C10H11ClFNO. The van der Waals surface area contributed by atoms with Gasteiger partial charge in [0.25, 0.3) is 0 Å². The average Bonchev–Trinajstić information content (AvgIpc) is 2.18. The number of nitrogen functional groups attached to an aromatic ring is 1. The van der Waals surface area contributed by atoms with Gasteiger partial charge in [-0.05, 0) is 18.6 Å². The molecule has 1 aromatic rings. The molecule has 0 aliphatic carbocycles. The summed E-state index contributed by atoms with van der Waals surface area (Å²) in [6.07, 6.45) is 0.882. The molecular weight excluding hydrogens is 205 g/mol. The second-order valence-electron chi connectivity index (χ2n) is 2.92. The summed E-state index contributed by atoms with van der Waals surface area (Å²) in [5.74, 6) is -0.301. The number of carbonyl (C=O) groups excluding carboxylic acids is 1. The Bertz CT molecular complexity index is 341. The van der Waals surface area contributed by atoms with Crippen LogP contribution in [0.25, 0.3) is 0 Å². The zero-order chi connectivity index (χ0) is 10.6. The molecule has 0 saturated carbocycles. The van der Waals surface area contributed by atoms with Crippen LogP contribution in [0.3, 0.4) is 0 Å². The van der Waals surface area contributed by atoms with Crippen LogP contribution < -0.4 is 5.73 Å². The first-order valence-corrected chi connectivity index (χ1v) is 4.83. The van der Waals surface area contributed by atoms with E-state index in [-0.39, 0.29) is 17.0 Å². The Morgan fingerprint density at radius 3 is 2.86 bits per heavy atom. The summed E-state index contributed by atoms with van der Waals surface area (Å²) in [5, 5.41) is 0. The fourth-order valence-electron chi connectivity index (χ4n) is 1.14. The molecule has 0 atom stereocenters. The van der Waals surface area contributed by atoms with Crippen molar-refractivity contribution in [3.8, 4) is 0 Å². The Labute approximate surface area is 86.9 Å². The number of benzene rings is 1. The molecule has 0 fully saturated rings. The van der Waals surface area contributed by atoms with Crippen LogP contribution in [0.2, 0.25) is 0 Å². The number of carbonyl (C=O) groups is 1. The Hall–Kier alpha value is -1.09. The second kappa shape index (κ2) is 4.96. The van der Waals surface area contributed by atoms with Crippen LogP contribution in [0.4, 0.5) is 10.1 Å². The molecule has 2 N–H and O–H groups in total. The van der Waals surface area contributed by atoms with Crippen LogP contribution >= 0.6 is 11.6 Å². The highest BCUT2D eigenvalue weighted by molar-refractivity contribution is 6.18. The van der Waals surface area contributed by atoms with Gasteiger partial charge in [0.05, 0.1) is 5.69 Å². The number of rotatable bonds is 4. The Morgan fingerprint density at radius 2 is 2.21 bits per heavy atom. The van der Waals surface area contributed by atoms with Crippen molar-refractivity contribution in [2.24, 2.45) is 0 Å². The molecule has 0 saturated heterocycles. The molecule has 2 nitrogen and oxygen atoms in total. The first kappa shape index (κ1) is 11.0. The highest BCUT2D eigenvalue weighted by atomic mass is 35.5. The normalized spacial score (nSPS) is 10.1. The largest absolute Gasteiger partial charge is 0.396 e. The Morgan fingerprint density at radius 1 is 1.50 bits per heavy atom. The highest BCUT2D eigenvalue weighted by Crippen LogP contribution is 2.18. The minimum atomic E-state index is -0.554. The van der Waals surface area contributed by atoms with Crippen molar-refractivity contribution in [3.05, 3.63) is 29.6 Å². The standard InChI is InChI=1S/C10H11ClFNO/c11-6-2-5-9(14)7-3-1-4-8(12)10(7)13/h1,3-4H,2,5-6,13H2. The summed E-state index contributed by atoms with van der Waals surface area (Å²) >= 11 is 5.45. The van der Waals surface area contributed by atoms with E-state index in [0.29, 0.717) is 18.7 Å². The van der Waals surface area contributed by atoms with Gasteiger partial charge in [-0.15, -0.1) is 11.6 Å². The van der Waals surface area contributed by atoms with E-state index in [4.69, 9.17) is 17.3 Å². The first-order valence-electron chi connectivity index (χ1n) is 4.30. The number of anilines is 1. The van der Waals surface area contributed by atoms with Crippen LogP contribution in [-0.4, -0.2) is 11.7 Å². The van der Waals surface area contributed by atoms with Crippen molar-refractivity contribution < 1.29 is 9.18 Å². The van der Waals surface area contributed by atoms with Crippen LogP contribution in [0, 0.1) is 5.82 Å². The summed E-state index contributed by atoms with van der Waals surface area (Å²) in [5.41, 5.74) is 5.60. The fraction of sp³-hybridized carbons (Fsp3) is 0.300. The van der Waals surface area contributed by atoms with Gasteiger partial charge in [0.1, 0.15) is 5.82 Å². The number of ketones is 1. The minimum absolute atomic E-state index is 0.0768. The smallest absolute Gasteiger partial charge is 0.165 e. The number of Topliss-reactive ketones (excluding diaryl/α,β-unsaturated/α-hetero) is 1. The van der Waals surface area contributed by atoms with Gasteiger partial charge in [0.15, 0.2) is 5.78 Å². The van der Waals surface area contributed by atoms with E-state index in [2.05, 4.69) is 0 Å². The quantitative estimate of drug-likeness (QED) is 0.477. The van der Waals surface area contributed by atoms with E-state index in [0.717, 1.165) is 0 Å². The van der Waals surface area contributed by atoms with E-state index in [9.17, 15) is 9.18 Å². The van der Waals surface area contributed by atoms with Crippen LogP contribution in [0.1, 0.15) is 23.2 Å². The van der Waals surface area contributed by atoms with Crippen molar-refractivity contribution in [3.63, 3.8) is 0 Å². The number of hydrogen-bond donors (Lipinski definition) is 1. The summed E-state index contributed by atoms with van der Waals surface area (Å²) in [4.78, 5) is 11.5. The lowest BCUT2D eigenvalue weighted by Crippen LogP contribution is -2.05. The number of alkyl halides is 1. The minimum Gasteiger partial charge on any atom is -0.396 e. The summed E-state index contributed by atoms with van der Waals surface area (Å²) in [7, 11) is 0. The van der Waals surface area contributed by atoms with Crippen molar-refractivity contribution >= 4 is 23.1 Å². The first-order chi connectivity index (χ1) is 6.66. The van der Waals surface area contributed by atoms with Gasteiger partial charge in [0, 0.05) is 17.9 Å². The summed E-state index contributed by atoms with van der Waals surface area (Å²) < 4.78 is 13.0. The lowest BCUT2D eigenvalue weighted by molar-refractivity contribution is 0.0982. The fourth-order valence-corrected chi connectivity index (χ4v) is 1.28. The number of para-hydroxylation sites is 1. The van der Waals surface area contributed by atoms with E-state index >= 15 is 0 Å². The molecule has 0 radical (unpaired) electrons. The molecule has 0 spiro atoms. The maximum atomic E-state index is 13.0. The molecule has 0 aliphatic heterocycles. The van der Waals surface area contributed by atoms with Crippen molar-refractivity contribution in [1.82, 2.24) is 0 Å². The molecule has 0 unspecified atom stereocenters. The molecule has 4 heteroatoms. The molecule has 1 aromatic carbocycles. The molecule has 14 heavy (non-hydrogen) atoms. The predicted molar refractivity (Wildman–Crippen MR) is 55.1 cm³/mol. The third-order valence-corrected chi connectivity index (χ3v) is 2.16. The van der Waals surface area contributed by atoms with Gasteiger partial charge in [0.2, 0.25) is 0 Å². The zero-order valence-corrected chi connectivity index (χ0v) is 8.35. The maximum absolute atomic E-state index is 13.0. The lowest BCUT2D eigenvalue weighted by Gasteiger charge is -2.04. The van der Waals surface area contributed by atoms with Crippen LogP contribution in [0.5, 0.6) is 0 Å². The van der Waals surface area contributed by atoms with Crippen LogP contribution in [0.15, 0.2) is 18.2 Å². The van der Waals surface area contributed by atoms with Crippen LogP contribution in [-0.2, 0) is 0 Å². The van der Waals surface area contributed by atoms with E-state index in [1.54, 1.807) is 0 Å². The molecule has 0 aromatic heterocycles. The Balaban J connectivity index is 2.84. The SMILES string of the molecule is Nc1c(F)cccc1C(=O)CCCCl.